The zero-order chi connectivity index (χ0) is 10.7. The molecule has 0 aromatic carbocycles. The Balaban J connectivity index is 1.91. The summed E-state index contributed by atoms with van der Waals surface area (Å²) in [5.41, 5.74) is 0. The van der Waals surface area contributed by atoms with Crippen LogP contribution in [0.1, 0.15) is 29.3 Å². The molecule has 0 aliphatic carbocycles. The summed E-state index contributed by atoms with van der Waals surface area (Å²) in [5, 5.41) is 12.6. The minimum absolute atomic E-state index is 0.199. The molecular weight excluding hydrogens is 194 g/mol. The third-order valence-electron chi connectivity index (χ3n) is 2.43. The number of hydrogen-bond acceptors (Lipinski definition) is 4. The Kier molecular flexibility index (Phi) is 2.96. The van der Waals surface area contributed by atoms with Crippen LogP contribution in [-0.4, -0.2) is 40.2 Å². The molecule has 3 N–H and O–H groups in total. The van der Waals surface area contributed by atoms with Crippen LogP contribution in [0.25, 0.3) is 0 Å². The first kappa shape index (κ1) is 10.1. The molecule has 1 fully saturated rings. The van der Waals surface area contributed by atoms with Crippen LogP contribution in [0.4, 0.5) is 0 Å². The van der Waals surface area contributed by atoms with Gasteiger partial charge in [0.1, 0.15) is 5.82 Å². The summed E-state index contributed by atoms with van der Waals surface area (Å²) in [4.78, 5) is 15.6. The molecule has 6 heteroatoms. The van der Waals surface area contributed by atoms with Crippen LogP contribution in [0.3, 0.4) is 0 Å². The summed E-state index contributed by atoms with van der Waals surface area (Å²) < 4.78 is 0. The van der Waals surface area contributed by atoms with Crippen LogP contribution in [0, 0.1) is 6.92 Å². The Morgan fingerprint density at radius 1 is 1.60 bits per heavy atom. The summed E-state index contributed by atoms with van der Waals surface area (Å²) in [5.74, 6) is 0.674. The number of H-pyrrole nitrogens is 1. The molecule has 0 radical (unpaired) electrons. The minimum atomic E-state index is -0.201. The zero-order valence-corrected chi connectivity index (χ0v) is 8.71. The van der Waals surface area contributed by atoms with E-state index in [9.17, 15) is 4.79 Å². The van der Waals surface area contributed by atoms with E-state index < -0.39 is 0 Å². The van der Waals surface area contributed by atoms with Crippen molar-refractivity contribution in [2.24, 2.45) is 0 Å². The average molecular weight is 209 g/mol. The van der Waals surface area contributed by atoms with Crippen molar-refractivity contribution in [3.05, 3.63) is 11.6 Å². The largest absolute Gasteiger partial charge is 0.345 e. The Bertz CT molecular complexity index is 342. The average Bonchev–Trinajstić information content (AvgIpc) is 2.66. The number of piperidine rings is 1. The second-order valence-electron chi connectivity index (χ2n) is 3.76. The van der Waals surface area contributed by atoms with Crippen LogP contribution in [-0.2, 0) is 0 Å². The number of carbonyl (C=O) groups is 1. The highest BCUT2D eigenvalue weighted by Gasteiger charge is 2.18. The zero-order valence-electron chi connectivity index (χ0n) is 8.71. The maximum Gasteiger partial charge on any atom is 0.291 e. The van der Waals surface area contributed by atoms with Crippen molar-refractivity contribution in [2.75, 3.05) is 13.1 Å². The first-order valence-electron chi connectivity index (χ1n) is 5.16. The number of aromatic amines is 1. The predicted octanol–water partition coefficient (Wildman–Crippen LogP) is -0.405. The fourth-order valence-corrected chi connectivity index (χ4v) is 1.67. The van der Waals surface area contributed by atoms with E-state index >= 15 is 0 Å². The molecular formula is C9H15N5O. The lowest BCUT2D eigenvalue weighted by Crippen LogP contribution is -2.45. The normalized spacial score (nSPS) is 21.3. The van der Waals surface area contributed by atoms with E-state index in [0.29, 0.717) is 5.82 Å². The Hall–Kier alpha value is -1.43. The molecule has 1 atom stereocenters. The Morgan fingerprint density at radius 3 is 3.07 bits per heavy atom. The third-order valence-corrected chi connectivity index (χ3v) is 2.43. The fraction of sp³-hybridized carbons (Fsp3) is 0.667. The molecule has 1 amide bonds. The molecule has 1 aliphatic rings. The SMILES string of the molecule is Cc1nc(C(=O)N[C@H]2CCCNC2)n[nH]1. The quantitative estimate of drug-likeness (QED) is 0.618. The predicted molar refractivity (Wildman–Crippen MR) is 54.5 cm³/mol. The first-order chi connectivity index (χ1) is 7.25. The highest BCUT2D eigenvalue weighted by atomic mass is 16.2. The first-order valence-corrected chi connectivity index (χ1v) is 5.16. The van der Waals surface area contributed by atoms with Crippen molar-refractivity contribution in [1.29, 1.82) is 0 Å². The Morgan fingerprint density at radius 2 is 2.47 bits per heavy atom. The summed E-state index contributed by atoms with van der Waals surface area (Å²) in [6.07, 6.45) is 2.11. The number of amides is 1. The molecule has 0 spiro atoms. The monoisotopic (exact) mass is 209 g/mol. The van der Waals surface area contributed by atoms with E-state index in [2.05, 4.69) is 25.8 Å². The summed E-state index contributed by atoms with van der Waals surface area (Å²) in [7, 11) is 0. The van der Waals surface area contributed by atoms with Gasteiger partial charge in [0.15, 0.2) is 0 Å². The number of hydrogen-bond donors (Lipinski definition) is 3. The van der Waals surface area contributed by atoms with Gasteiger partial charge in [-0.05, 0) is 26.3 Å². The van der Waals surface area contributed by atoms with Gasteiger partial charge in [0.2, 0.25) is 5.82 Å². The van der Waals surface area contributed by atoms with Crippen LogP contribution in [0.2, 0.25) is 0 Å². The van der Waals surface area contributed by atoms with E-state index in [4.69, 9.17) is 0 Å². The van der Waals surface area contributed by atoms with Gasteiger partial charge in [0, 0.05) is 12.6 Å². The van der Waals surface area contributed by atoms with Crippen LogP contribution in [0.15, 0.2) is 0 Å². The summed E-state index contributed by atoms with van der Waals surface area (Å²) in [6.45, 7) is 3.63. The summed E-state index contributed by atoms with van der Waals surface area (Å²) in [6, 6.07) is 0.199. The molecule has 82 valence electrons. The van der Waals surface area contributed by atoms with Gasteiger partial charge in [-0.25, -0.2) is 4.98 Å². The van der Waals surface area contributed by atoms with Crippen LogP contribution in [0.5, 0.6) is 0 Å². The van der Waals surface area contributed by atoms with Crippen molar-refractivity contribution in [3.63, 3.8) is 0 Å². The van der Waals surface area contributed by atoms with E-state index in [1.54, 1.807) is 6.92 Å². The molecule has 0 bridgehead atoms. The molecule has 2 rings (SSSR count). The van der Waals surface area contributed by atoms with Gasteiger partial charge < -0.3 is 10.6 Å². The maximum atomic E-state index is 11.6. The van der Waals surface area contributed by atoms with Crippen molar-refractivity contribution in [2.45, 2.75) is 25.8 Å². The molecule has 1 aromatic heterocycles. The van der Waals surface area contributed by atoms with Gasteiger partial charge in [-0.1, -0.05) is 0 Å². The lowest BCUT2D eigenvalue weighted by Gasteiger charge is -2.23. The smallest absolute Gasteiger partial charge is 0.291 e. The third kappa shape index (κ3) is 2.53. The van der Waals surface area contributed by atoms with E-state index in [-0.39, 0.29) is 17.8 Å². The van der Waals surface area contributed by atoms with Crippen molar-refractivity contribution >= 4 is 5.91 Å². The van der Waals surface area contributed by atoms with Crippen molar-refractivity contribution in [1.82, 2.24) is 25.8 Å². The van der Waals surface area contributed by atoms with Gasteiger partial charge in [-0.15, -0.1) is 5.10 Å². The number of rotatable bonds is 2. The molecule has 1 saturated heterocycles. The van der Waals surface area contributed by atoms with Crippen LogP contribution < -0.4 is 10.6 Å². The van der Waals surface area contributed by atoms with E-state index in [1.807, 2.05) is 0 Å². The van der Waals surface area contributed by atoms with E-state index in [0.717, 1.165) is 25.9 Å². The highest BCUT2D eigenvalue weighted by molar-refractivity contribution is 5.90. The molecule has 6 nitrogen and oxygen atoms in total. The van der Waals surface area contributed by atoms with Gasteiger partial charge in [0.05, 0.1) is 0 Å². The fourth-order valence-electron chi connectivity index (χ4n) is 1.67. The second-order valence-corrected chi connectivity index (χ2v) is 3.76. The standard InChI is InChI=1S/C9H15N5O/c1-6-11-8(14-13-6)9(15)12-7-3-2-4-10-5-7/h7,10H,2-5H2,1H3,(H,12,15)(H,11,13,14)/t7-/m0/s1. The molecule has 1 aliphatic heterocycles. The van der Waals surface area contributed by atoms with E-state index in [1.165, 1.54) is 0 Å². The number of aryl methyl sites for hydroxylation is 1. The molecule has 15 heavy (non-hydrogen) atoms. The number of aromatic nitrogens is 3. The second kappa shape index (κ2) is 4.39. The molecule has 1 aromatic rings. The van der Waals surface area contributed by atoms with Gasteiger partial charge in [-0.2, -0.15) is 0 Å². The van der Waals surface area contributed by atoms with Crippen LogP contribution >= 0.6 is 0 Å². The number of nitrogens with one attached hydrogen (secondary N) is 3. The minimum Gasteiger partial charge on any atom is -0.345 e. The van der Waals surface area contributed by atoms with Gasteiger partial charge in [-0.3, -0.25) is 9.89 Å². The lowest BCUT2D eigenvalue weighted by atomic mass is 10.1. The maximum absolute atomic E-state index is 11.6. The number of carbonyl (C=O) groups excluding carboxylic acids is 1. The van der Waals surface area contributed by atoms with Crippen molar-refractivity contribution in [3.8, 4) is 0 Å². The van der Waals surface area contributed by atoms with Gasteiger partial charge >= 0.3 is 0 Å². The topological polar surface area (TPSA) is 82.7 Å². The summed E-state index contributed by atoms with van der Waals surface area (Å²) >= 11 is 0. The Labute approximate surface area is 87.9 Å². The molecule has 0 saturated carbocycles. The molecule has 2 heterocycles. The highest BCUT2D eigenvalue weighted by Crippen LogP contribution is 2.02. The van der Waals surface area contributed by atoms with Crippen molar-refractivity contribution < 1.29 is 4.79 Å². The molecule has 0 unspecified atom stereocenters. The number of nitrogens with zero attached hydrogens (tertiary/aromatic N) is 2. The lowest BCUT2D eigenvalue weighted by molar-refractivity contribution is 0.0920. The van der Waals surface area contributed by atoms with Gasteiger partial charge in [0.25, 0.3) is 5.91 Å².